The van der Waals surface area contributed by atoms with Crippen LogP contribution >= 0.6 is 0 Å². The second kappa shape index (κ2) is 7.06. The van der Waals surface area contributed by atoms with Crippen molar-refractivity contribution in [3.63, 3.8) is 0 Å². The number of ether oxygens (including phenoxy) is 1. The molecule has 3 amide bonds. The van der Waals surface area contributed by atoms with Gasteiger partial charge in [-0.05, 0) is 43.7 Å². The van der Waals surface area contributed by atoms with Gasteiger partial charge in [-0.3, -0.25) is 4.79 Å². The summed E-state index contributed by atoms with van der Waals surface area (Å²) in [6.07, 6.45) is 4.18. The Hall–Kier alpha value is -2.54. The minimum Gasteiger partial charge on any atom is -0.368 e. The molecule has 1 aromatic heterocycles. The molecule has 154 valence electrons. The van der Waals surface area contributed by atoms with E-state index >= 15 is 0 Å². The van der Waals surface area contributed by atoms with Crippen molar-refractivity contribution in [1.82, 2.24) is 14.8 Å². The van der Waals surface area contributed by atoms with Gasteiger partial charge in [-0.1, -0.05) is 18.2 Å². The van der Waals surface area contributed by atoms with Crippen LogP contribution in [-0.2, 0) is 21.6 Å². The number of primary amides is 1. The van der Waals surface area contributed by atoms with Crippen molar-refractivity contribution >= 4 is 22.8 Å². The number of nitrogens with zero attached hydrogens (tertiary/aromatic N) is 2. The van der Waals surface area contributed by atoms with Gasteiger partial charge in [-0.25, -0.2) is 4.79 Å². The van der Waals surface area contributed by atoms with Crippen LogP contribution in [0.15, 0.2) is 24.3 Å². The highest BCUT2D eigenvalue weighted by Gasteiger charge is 2.44. The molecule has 2 aromatic rings. The number of rotatable bonds is 1. The fraction of sp³-hybridized carbons (Fsp3) is 0.545. The molecule has 7 heteroatoms. The fourth-order valence-corrected chi connectivity index (χ4v) is 5.39. The van der Waals surface area contributed by atoms with Crippen LogP contribution in [-0.4, -0.2) is 59.5 Å². The van der Waals surface area contributed by atoms with Gasteiger partial charge in [-0.15, -0.1) is 0 Å². The van der Waals surface area contributed by atoms with Gasteiger partial charge in [0, 0.05) is 37.1 Å². The SMILES string of the molecule is NC(=O)N1CCCC(C(=O)N2CCC3(CC2)OCCc2c3[nH]c3ccccc23)C1. The minimum absolute atomic E-state index is 0.138. The first-order valence-corrected chi connectivity index (χ1v) is 10.6. The van der Waals surface area contributed by atoms with E-state index in [2.05, 4.69) is 29.2 Å². The molecule has 1 aromatic carbocycles. The number of aromatic nitrogens is 1. The van der Waals surface area contributed by atoms with Gasteiger partial charge in [0.1, 0.15) is 5.60 Å². The van der Waals surface area contributed by atoms with Crippen LogP contribution in [0.2, 0.25) is 0 Å². The standard InChI is InChI=1S/C22H28N4O3/c23-21(28)26-10-3-4-15(14-26)20(27)25-11-8-22(9-12-25)19-17(7-13-29-22)16-5-1-2-6-18(16)24-19/h1-2,5-6,15,24H,3-4,7-14H2,(H2,23,28). The van der Waals surface area contributed by atoms with Crippen LogP contribution < -0.4 is 5.73 Å². The van der Waals surface area contributed by atoms with Crippen molar-refractivity contribution in [1.29, 1.82) is 0 Å². The largest absolute Gasteiger partial charge is 0.368 e. The number of amides is 3. The van der Waals surface area contributed by atoms with E-state index in [1.165, 1.54) is 16.6 Å². The molecule has 3 aliphatic heterocycles. The molecule has 7 nitrogen and oxygen atoms in total. The zero-order valence-electron chi connectivity index (χ0n) is 16.7. The number of nitrogens with two attached hydrogens (primary N) is 1. The molecule has 1 unspecified atom stereocenters. The number of benzene rings is 1. The average Bonchev–Trinajstić information content (AvgIpc) is 3.14. The van der Waals surface area contributed by atoms with Gasteiger partial charge in [0.25, 0.3) is 0 Å². The maximum Gasteiger partial charge on any atom is 0.314 e. The Balaban J connectivity index is 1.32. The molecule has 2 saturated heterocycles. The number of carbonyl (C=O) groups is 2. The molecule has 3 aliphatic rings. The molecule has 0 radical (unpaired) electrons. The highest BCUT2D eigenvalue weighted by Crippen LogP contribution is 2.43. The van der Waals surface area contributed by atoms with Crippen LogP contribution in [0, 0.1) is 5.92 Å². The Kier molecular flexibility index (Phi) is 4.50. The summed E-state index contributed by atoms with van der Waals surface area (Å²) >= 11 is 0. The quantitative estimate of drug-likeness (QED) is 0.775. The normalized spacial score (nSPS) is 23.9. The third kappa shape index (κ3) is 3.08. The Morgan fingerprint density at radius 2 is 1.93 bits per heavy atom. The van der Waals surface area contributed by atoms with E-state index in [4.69, 9.17) is 10.5 Å². The summed E-state index contributed by atoms with van der Waals surface area (Å²) < 4.78 is 6.35. The van der Waals surface area contributed by atoms with Gasteiger partial charge in [0.2, 0.25) is 5.91 Å². The van der Waals surface area contributed by atoms with E-state index in [-0.39, 0.29) is 17.4 Å². The van der Waals surface area contributed by atoms with Crippen molar-refractivity contribution in [3.05, 3.63) is 35.5 Å². The lowest BCUT2D eigenvalue weighted by Crippen LogP contribution is -2.52. The van der Waals surface area contributed by atoms with Crippen LogP contribution in [0.5, 0.6) is 0 Å². The molecule has 1 atom stereocenters. The van der Waals surface area contributed by atoms with Crippen molar-refractivity contribution in [3.8, 4) is 0 Å². The molecular formula is C22H28N4O3. The highest BCUT2D eigenvalue weighted by atomic mass is 16.5. The first-order chi connectivity index (χ1) is 14.1. The third-order valence-corrected chi connectivity index (χ3v) is 6.96. The zero-order valence-corrected chi connectivity index (χ0v) is 16.7. The molecule has 0 bridgehead atoms. The molecule has 0 aliphatic carbocycles. The van der Waals surface area contributed by atoms with Crippen LogP contribution in [0.3, 0.4) is 0 Å². The Morgan fingerprint density at radius 1 is 1.14 bits per heavy atom. The van der Waals surface area contributed by atoms with Gasteiger partial charge in [-0.2, -0.15) is 0 Å². The number of aromatic amines is 1. The Morgan fingerprint density at radius 3 is 2.72 bits per heavy atom. The molecule has 5 rings (SSSR count). The number of para-hydroxylation sites is 1. The molecule has 4 heterocycles. The number of piperidine rings is 2. The number of carbonyl (C=O) groups excluding carboxylic acids is 2. The lowest BCUT2D eigenvalue weighted by atomic mass is 9.82. The first-order valence-electron chi connectivity index (χ1n) is 10.6. The van der Waals surface area contributed by atoms with Gasteiger partial charge < -0.3 is 25.3 Å². The summed E-state index contributed by atoms with van der Waals surface area (Å²) in [6.45, 7) is 3.18. The van der Waals surface area contributed by atoms with E-state index in [1.807, 2.05) is 4.90 Å². The number of nitrogens with one attached hydrogen (secondary N) is 1. The highest BCUT2D eigenvalue weighted by molar-refractivity contribution is 5.85. The van der Waals surface area contributed by atoms with Crippen LogP contribution in [0.25, 0.3) is 10.9 Å². The molecule has 2 fully saturated rings. The first kappa shape index (κ1) is 18.5. The van der Waals surface area contributed by atoms with Gasteiger partial charge in [0.05, 0.1) is 18.2 Å². The molecule has 1 spiro atoms. The van der Waals surface area contributed by atoms with E-state index in [0.717, 1.165) is 44.2 Å². The van der Waals surface area contributed by atoms with Crippen LogP contribution in [0.4, 0.5) is 4.79 Å². The maximum absolute atomic E-state index is 13.1. The fourth-order valence-electron chi connectivity index (χ4n) is 5.39. The van der Waals surface area contributed by atoms with E-state index < -0.39 is 6.03 Å². The Bertz CT molecular complexity index is 945. The lowest BCUT2D eigenvalue weighted by molar-refractivity contribution is -0.146. The number of hydrogen-bond donors (Lipinski definition) is 2. The monoisotopic (exact) mass is 396 g/mol. The lowest BCUT2D eigenvalue weighted by Gasteiger charge is -2.45. The maximum atomic E-state index is 13.1. The second-order valence-electron chi connectivity index (χ2n) is 8.57. The summed E-state index contributed by atoms with van der Waals surface area (Å²) in [7, 11) is 0. The molecule has 3 N–H and O–H groups in total. The number of urea groups is 1. The van der Waals surface area contributed by atoms with Crippen molar-refractivity contribution in [2.75, 3.05) is 32.8 Å². The Labute approximate surface area is 170 Å². The van der Waals surface area contributed by atoms with E-state index in [9.17, 15) is 9.59 Å². The number of hydrogen-bond acceptors (Lipinski definition) is 3. The van der Waals surface area contributed by atoms with E-state index in [1.54, 1.807) is 4.90 Å². The molecular weight excluding hydrogens is 368 g/mol. The topological polar surface area (TPSA) is 91.7 Å². The molecule has 29 heavy (non-hydrogen) atoms. The number of likely N-dealkylation sites (tertiary alicyclic amines) is 2. The summed E-state index contributed by atoms with van der Waals surface area (Å²) in [4.78, 5) is 31.7. The van der Waals surface area contributed by atoms with Crippen molar-refractivity contribution < 1.29 is 14.3 Å². The van der Waals surface area contributed by atoms with E-state index in [0.29, 0.717) is 26.2 Å². The van der Waals surface area contributed by atoms with Crippen molar-refractivity contribution in [2.24, 2.45) is 11.7 Å². The summed E-state index contributed by atoms with van der Waals surface area (Å²) in [6, 6.07) is 8.00. The smallest absolute Gasteiger partial charge is 0.314 e. The predicted octanol–water partition coefficient (Wildman–Crippen LogP) is 2.35. The average molecular weight is 396 g/mol. The second-order valence-corrected chi connectivity index (χ2v) is 8.57. The number of fused-ring (bicyclic) bond motifs is 4. The zero-order chi connectivity index (χ0) is 20.0. The summed E-state index contributed by atoms with van der Waals surface area (Å²) in [5, 5.41) is 1.29. The number of H-pyrrole nitrogens is 1. The third-order valence-electron chi connectivity index (χ3n) is 6.96. The summed E-state index contributed by atoms with van der Waals surface area (Å²) in [5.41, 5.74) is 8.83. The van der Waals surface area contributed by atoms with Gasteiger partial charge >= 0.3 is 6.03 Å². The summed E-state index contributed by atoms with van der Waals surface area (Å²) in [5.74, 6) is 0.0136. The van der Waals surface area contributed by atoms with Gasteiger partial charge in [0.15, 0.2) is 0 Å². The van der Waals surface area contributed by atoms with Crippen molar-refractivity contribution in [2.45, 2.75) is 37.7 Å². The predicted molar refractivity (Wildman–Crippen MR) is 109 cm³/mol. The molecule has 0 saturated carbocycles. The minimum atomic E-state index is -0.429. The van der Waals surface area contributed by atoms with Crippen LogP contribution in [0.1, 0.15) is 36.9 Å².